The number of rotatable bonds is 5. The van der Waals surface area contributed by atoms with Crippen LogP contribution in [0.4, 0.5) is 8.78 Å². The lowest BCUT2D eigenvalue weighted by Gasteiger charge is -2.34. The molecule has 27 heavy (non-hydrogen) atoms. The van der Waals surface area contributed by atoms with E-state index in [1.807, 2.05) is 0 Å². The number of benzene rings is 1. The molecular formula is C19H24F2O6. The Hall–Kier alpha value is -2.38. The molecule has 0 saturated heterocycles. The zero-order chi connectivity index (χ0) is 20.4. The first-order valence-corrected chi connectivity index (χ1v) is 8.65. The Labute approximate surface area is 156 Å². The fraction of sp³-hybridized carbons (Fsp3) is 0.579. The first-order valence-electron chi connectivity index (χ1n) is 8.65. The Balaban J connectivity index is 2.06. The highest BCUT2D eigenvalue weighted by atomic mass is 19.1. The quantitative estimate of drug-likeness (QED) is 0.773. The van der Waals surface area contributed by atoms with E-state index in [0.29, 0.717) is 0 Å². The van der Waals surface area contributed by atoms with Gasteiger partial charge in [-0.2, -0.15) is 0 Å². The van der Waals surface area contributed by atoms with Crippen molar-refractivity contribution in [2.24, 2.45) is 0 Å². The summed E-state index contributed by atoms with van der Waals surface area (Å²) in [5.74, 6) is -3.34. The van der Waals surface area contributed by atoms with Crippen LogP contribution in [0.15, 0.2) is 12.1 Å². The Morgan fingerprint density at radius 2 is 1.78 bits per heavy atom. The number of hydrogen-bond acceptors (Lipinski definition) is 5. The molecule has 1 saturated carbocycles. The number of alkyl halides is 1. The molecule has 0 aromatic heterocycles. The van der Waals surface area contributed by atoms with E-state index in [-0.39, 0.29) is 42.7 Å². The van der Waals surface area contributed by atoms with E-state index in [2.05, 4.69) is 0 Å². The lowest BCUT2D eigenvalue weighted by molar-refractivity contribution is -0.173. The van der Waals surface area contributed by atoms with Crippen LogP contribution in [0.2, 0.25) is 0 Å². The molecule has 1 aromatic carbocycles. The van der Waals surface area contributed by atoms with E-state index >= 15 is 0 Å². The second-order valence-electron chi connectivity index (χ2n) is 7.57. The van der Waals surface area contributed by atoms with Crippen LogP contribution in [0.1, 0.15) is 56.8 Å². The molecule has 0 bridgehead atoms. The smallest absolute Gasteiger partial charge is 0.344 e. The second kappa shape index (κ2) is 7.70. The van der Waals surface area contributed by atoms with Crippen molar-refractivity contribution in [2.45, 2.75) is 63.8 Å². The van der Waals surface area contributed by atoms with Crippen LogP contribution in [0.25, 0.3) is 0 Å². The van der Waals surface area contributed by atoms with Gasteiger partial charge in [-0.1, -0.05) is 0 Å². The van der Waals surface area contributed by atoms with Crippen molar-refractivity contribution in [3.8, 4) is 11.5 Å². The van der Waals surface area contributed by atoms with E-state index in [0.717, 1.165) is 12.1 Å². The summed E-state index contributed by atoms with van der Waals surface area (Å²) in [6, 6.07) is 1.98. The first-order chi connectivity index (χ1) is 12.4. The first kappa shape index (κ1) is 20.9. The predicted octanol–water partition coefficient (Wildman–Crippen LogP) is 3.90. The molecule has 1 aromatic rings. The number of ether oxygens (including phenoxy) is 3. The number of aromatic carboxylic acids is 1. The molecule has 0 heterocycles. The maximum Gasteiger partial charge on any atom is 0.344 e. The predicted molar refractivity (Wildman–Crippen MR) is 92.5 cm³/mol. The lowest BCUT2D eigenvalue weighted by Crippen LogP contribution is -2.44. The molecular weight excluding hydrogens is 362 g/mol. The average Bonchev–Trinajstić information content (AvgIpc) is 2.56. The van der Waals surface area contributed by atoms with Crippen LogP contribution < -0.4 is 9.47 Å². The molecule has 0 atom stereocenters. The highest BCUT2D eigenvalue weighted by molar-refractivity contribution is 5.91. The monoisotopic (exact) mass is 386 g/mol. The number of carbonyl (C=O) groups is 2. The number of hydrogen-bond donors (Lipinski definition) is 1. The summed E-state index contributed by atoms with van der Waals surface area (Å²) in [5.41, 5.74) is -3.13. The third-order valence-corrected chi connectivity index (χ3v) is 4.27. The summed E-state index contributed by atoms with van der Waals surface area (Å²) in [4.78, 5) is 23.3. The van der Waals surface area contributed by atoms with Gasteiger partial charge in [-0.25, -0.2) is 18.4 Å². The van der Waals surface area contributed by atoms with E-state index in [1.54, 1.807) is 20.8 Å². The molecule has 1 aliphatic carbocycles. The zero-order valence-electron chi connectivity index (χ0n) is 15.8. The number of carboxylic acids is 1. The Morgan fingerprint density at radius 1 is 1.19 bits per heavy atom. The van der Waals surface area contributed by atoms with E-state index in [4.69, 9.17) is 14.2 Å². The van der Waals surface area contributed by atoms with Crippen LogP contribution in [-0.4, -0.2) is 41.5 Å². The zero-order valence-corrected chi connectivity index (χ0v) is 15.8. The molecule has 8 heteroatoms. The van der Waals surface area contributed by atoms with Gasteiger partial charge < -0.3 is 19.3 Å². The van der Waals surface area contributed by atoms with Crippen molar-refractivity contribution < 1.29 is 37.7 Å². The molecule has 2 rings (SSSR count). The molecule has 1 aliphatic rings. The van der Waals surface area contributed by atoms with Gasteiger partial charge in [-0.3, -0.25) is 0 Å². The summed E-state index contributed by atoms with van der Waals surface area (Å²) in [7, 11) is 1.24. The number of carboxylic acid groups (broad SMARTS) is 1. The van der Waals surface area contributed by atoms with E-state index in [1.165, 1.54) is 7.11 Å². The minimum Gasteiger partial charge on any atom is -0.496 e. The largest absolute Gasteiger partial charge is 0.496 e. The molecule has 0 radical (unpaired) electrons. The van der Waals surface area contributed by atoms with Gasteiger partial charge in [-0.05, 0) is 46.5 Å². The van der Waals surface area contributed by atoms with Gasteiger partial charge in [0.15, 0.2) is 11.6 Å². The normalized spacial score (nSPS) is 22.8. The highest BCUT2D eigenvalue weighted by Crippen LogP contribution is 2.37. The number of halogens is 2. The highest BCUT2D eigenvalue weighted by Gasteiger charge is 2.45. The van der Waals surface area contributed by atoms with Crippen molar-refractivity contribution in [1.82, 2.24) is 0 Å². The standard InChI is InChI=1S/C19H24F2O6/c1-18(2,3)27-17(24)19(21)7-5-11(6-8-19)26-15-9-12(16(22)23)14(25-4)10-13(15)20/h9-11H,5-8H2,1-4H3,(H,22,23). The van der Waals surface area contributed by atoms with Gasteiger partial charge in [0, 0.05) is 12.1 Å². The van der Waals surface area contributed by atoms with Crippen molar-refractivity contribution in [2.75, 3.05) is 7.11 Å². The van der Waals surface area contributed by atoms with Crippen LogP contribution >= 0.6 is 0 Å². The van der Waals surface area contributed by atoms with Gasteiger partial charge in [0.1, 0.15) is 16.9 Å². The molecule has 1 N–H and O–H groups in total. The topological polar surface area (TPSA) is 82.1 Å². The third-order valence-electron chi connectivity index (χ3n) is 4.27. The van der Waals surface area contributed by atoms with Crippen molar-refractivity contribution in [3.05, 3.63) is 23.5 Å². The van der Waals surface area contributed by atoms with Gasteiger partial charge in [0.05, 0.1) is 13.2 Å². The molecule has 0 spiro atoms. The fourth-order valence-corrected chi connectivity index (χ4v) is 2.88. The van der Waals surface area contributed by atoms with Crippen LogP contribution in [0, 0.1) is 5.82 Å². The third kappa shape index (κ3) is 5.08. The number of carbonyl (C=O) groups excluding carboxylic acids is 1. The summed E-state index contributed by atoms with van der Waals surface area (Å²) in [5, 5.41) is 9.18. The van der Waals surface area contributed by atoms with Crippen molar-refractivity contribution in [3.63, 3.8) is 0 Å². The fourth-order valence-electron chi connectivity index (χ4n) is 2.88. The second-order valence-corrected chi connectivity index (χ2v) is 7.57. The number of methoxy groups -OCH3 is 1. The minimum absolute atomic E-state index is 0.115. The summed E-state index contributed by atoms with van der Waals surface area (Å²) in [6.07, 6.45) is -0.430. The van der Waals surface area contributed by atoms with Crippen LogP contribution in [-0.2, 0) is 9.53 Å². The Morgan fingerprint density at radius 3 is 2.26 bits per heavy atom. The van der Waals surface area contributed by atoms with E-state index in [9.17, 15) is 23.5 Å². The van der Waals surface area contributed by atoms with Gasteiger partial charge in [0.2, 0.25) is 5.67 Å². The Kier molecular flexibility index (Phi) is 5.97. The molecule has 0 unspecified atom stereocenters. The summed E-state index contributed by atoms with van der Waals surface area (Å²) in [6.45, 7) is 4.99. The van der Waals surface area contributed by atoms with Crippen molar-refractivity contribution in [1.29, 1.82) is 0 Å². The lowest BCUT2D eigenvalue weighted by atomic mass is 9.84. The van der Waals surface area contributed by atoms with Gasteiger partial charge in [-0.15, -0.1) is 0 Å². The minimum atomic E-state index is -2.10. The molecule has 6 nitrogen and oxygen atoms in total. The number of esters is 1. The van der Waals surface area contributed by atoms with Crippen molar-refractivity contribution >= 4 is 11.9 Å². The molecule has 0 aliphatic heterocycles. The average molecular weight is 386 g/mol. The molecule has 150 valence electrons. The summed E-state index contributed by atoms with van der Waals surface area (Å²) >= 11 is 0. The van der Waals surface area contributed by atoms with Gasteiger partial charge >= 0.3 is 11.9 Å². The molecule has 0 amide bonds. The van der Waals surface area contributed by atoms with Crippen LogP contribution in [0.3, 0.4) is 0 Å². The van der Waals surface area contributed by atoms with Gasteiger partial charge in [0.25, 0.3) is 0 Å². The van der Waals surface area contributed by atoms with E-state index < -0.39 is 35.1 Å². The summed E-state index contributed by atoms with van der Waals surface area (Å²) < 4.78 is 44.5. The SMILES string of the molecule is COc1cc(F)c(OC2CCC(F)(C(=O)OC(C)(C)C)CC2)cc1C(=O)O. The maximum absolute atomic E-state index is 14.9. The molecule has 1 fully saturated rings. The maximum atomic E-state index is 14.9. The Bertz CT molecular complexity index is 718. The van der Waals surface area contributed by atoms with Crippen LogP contribution in [0.5, 0.6) is 11.5 Å².